The molecule has 0 aromatic heterocycles. The minimum atomic E-state index is -3.97. The molecule has 0 atom stereocenters. The summed E-state index contributed by atoms with van der Waals surface area (Å²) < 4.78 is 28.9. The Balaban J connectivity index is 1.69. The SMILES string of the molecule is O=C(Nc1ccc(Br)cc1C(=O)O)c1cc(S(=O)(=O)N2CCc3ccc(Cl)cc32)ccc1Br. The van der Waals surface area contributed by atoms with E-state index in [4.69, 9.17) is 11.6 Å². The van der Waals surface area contributed by atoms with Gasteiger partial charge in [0.1, 0.15) is 0 Å². The fourth-order valence-electron chi connectivity index (χ4n) is 3.53. The fourth-order valence-corrected chi connectivity index (χ4v) is 6.01. The van der Waals surface area contributed by atoms with Crippen molar-refractivity contribution in [1.82, 2.24) is 0 Å². The lowest BCUT2D eigenvalue weighted by atomic mass is 10.1. The third-order valence-corrected chi connectivity index (χ3v) is 8.36. The summed E-state index contributed by atoms with van der Waals surface area (Å²) in [5, 5.41) is 12.4. The van der Waals surface area contributed by atoms with E-state index < -0.39 is 21.9 Å². The number of carbonyl (C=O) groups excluding carboxylic acids is 1. The summed E-state index contributed by atoms with van der Waals surface area (Å²) in [5.74, 6) is -1.87. The van der Waals surface area contributed by atoms with E-state index in [0.717, 1.165) is 5.56 Å². The van der Waals surface area contributed by atoms with Crippen LogP contribution < -0.4 is 9.62 Å². The third-order valence-electron chi connectivity index (χ3n) is 5.13. The first-order chi connectivity index (χ1) is 15.6. The molecule has 0 saturated carbocycles. The first-order valence-corrected chi connectivity index (χ1v) is 12.9. The minimum Gasteiger partial charge on any atom is -0.478 e. The Kier molecular flexibility index (Phi) is 6.54. The molecule has 0 saturated heterocycles. The van der Waals surface area contributed by atoms with Crippen molar-refractivity contribution in [2.24, 2.45) is 0 Å². The van der Waals surface area contributed by atoms with E-state index in [0.29, 0.717) is 26.1 Å². The molecule has 170 valence electrons. The number of nitrogens with zero attached hydrogens (tertiary/aromatic N) is 1. The van der Waals surface area contributed by atoms with Crippen LogP contribution in [0.3, 0.4) is 0 Å². The van der Waals surface area contributed by atoms with Gasteiger partial charge >= 0.3 is 5.97 Å². The summed E-state index contributed by atoms with van der Waals surface area (Å²) >= 11 is 12.6. The molecule has 0 spiro atoms. The van der Waals surface area contributed by atoms with Gasteiger partial charge in [-0.3, -0.25) is 9.10 Å². The molecule has 33 heavy (non-hydrogen) atoms. The number of fused-ring (bicyclic) bond motifs is 1. The van der Waals surface area contributed by atoms with Gasteiger partial charge < -0.3 is 10.4 Å². The summed E-state index contributed by atoms with van der Waals surface area (Å²) in [6.07, 6.45) is 0.553. The summed E-state index contributed by atoms with van der Waals surface area (Å²) in [7, 11) is -3.97. The highest BCUT2D eigenvalue weighted by atomic mass is 79.9. The Morgan fingerprint density at radius 3 is 2.48 bits per heavy atom. The Hall–Kier alpha value is -2.40. The number of carboxylic acids is 1. The van der Waals surface area contributed by atoms with Crippen molar-refractivity contribution in [2.45, 2.75) is 11.3 Å². The van der Waals surface area contributed by atoms with Gasteiger partial charge in [-0.1, -0.05) is 33.6 Å². The van der Waals surface area contributed by atoms with Gasteiger partial charge in [0.05, 0.1) is 27.4 Å². The lowest BCUT2D eigenvalue weighted by Gasteiger charge is -2.20. The zero-order valence-corrected chi connectivity index (χ0v) is 21.4. The average Bonchev–Trinajstić information content (AvgIpc) is 3.18. The maximum absolute atomic E-state index is 13.4. The molecule has 4 rings (SSSR count). The lowest BCUT2D eigenvalue weighted by Crippen LogP contribution is -2.29. The summed E-state index contributed by atoms with van der Waals surface area (Å²) in [4.78, 5) is 24.4. The van der Waals surface area contributed by atoms with Gasteiger partial charge in [-0.05, 0) is 76.4 Å². The van der Waals surface area contributed by atoms with Crippen LogP contribution in [0.2, 0.25) is 5.02 Å². The van der Waals surface area contributed by atoms with E-state index in [1.54, 1.807) is 24.3 Å². The van der Waals surface area contributed by atoms with Gasteiger partial charge in [0.2, 0.25) is 0 Å². The summed E-state index contributed by atoms with van der Waals surface area (Å²) in [5.41, 5.74) is 1.40. The van der Waals surface area contributed by atoms with Gasteiger partial charge in [0, 0.05) is 20.5 Å². The maximum Gasteiger partial charge on any atom is 0.337 e. The molecule has 0 radical (unpaired) electrons. The van der Waals surface area contributed by atoms with E-state index in [1.807, 2.05) is 0 Å². The van der Waals surface area contributed by atoms with E-state index in [-0.39, 0.29) is 28.3 Å². The number of nitrogens with one attached hydrogen (secondary N) is 1. The normalized spacial score (nSPS) is 13.0. The smallest absolute Gasteiger partial charge is 0.337 e. The Morgan fingerprint density at radius 1 is 1.00 bits per heavy atom. The first kappa shape index (κ1) is 23.7. The summed E-state index contributed by atoms with van der Waals surface area (Å²) in [6, 6.07) is 13.7. The maximum atomic E-state index is 13.4. The van der Waals surface area contributed by atoms with Crippen molar-refractivity contribution < 1.29 is 23.1 Å². The van der Waals surface area contributed by atoms with E-state index >= 15 is 0 Å². The number of halogens is 3. The molecule has 3 aromatic rings. The van der Waals surface area contributed by atoms with Crippen LogP contribution >= 0.6 is 43.5 Å². The van der Waals surface area contributed by atoms with Crippen molar-refractivity contribution in [1.29, 1.82) is 0 Å². The second-order valence-electron chi connectivity index (χ2n) is 7.19. The van der Waals surface area contributed by atoms with Crippen LogP contribution in [0, 0.1) is 0 Å². The quantitative estimate of drug-likeness (QED) is 0.391. The second kappa shape index (κ2) is 9.09. The minimum absolute atomic E-state index is 0.0425. The molecule has 0 unspecified atom stereocenters. The molecular formula is C22H15Br2ClN2O5S. The predicted octanol–water partition coefficient (Wildman–Crippen LogP) is 5.57. The molecule has 1 aliphatic rings. The fraction of sp³-hybridized carbons (Fsp3) is 0.0909. The van der Waals surface area contributed by atoms with Crippen molar-refractivity contribution >= 4 is 76.7 Å². The molecule has 11 heteroatoms. The molecule has 0 fully saturated rings. The highest BCUT2D eigenvalue weighted by molar-refractivity contribution is 9.10. The molecule has 7 nitrogen and oxygen atoms in total. The largest absolute Gasteiger partial charge is 0.478 e. The number of hydrogen-bond donors (Lipinski definition) is 2. The zero-order valence-electron chi connectivity index (χ0n) is 16.7. The topological polar surface area (TPSA) is 104 Å². The standard InChI is InChI=1S/C22H15Br2ClN2O5S/c23-13-2-6-19(17(9-13)22(29)30)26-21(28)16-11-15(4-5-18(16)24)33(31,32)27-8-7-12-1-3-14(25)10-20(12)27/h1-6,9-11H,7-8H2,(H,26,28)(H,29,30). The number of carboxylic acid groups (broad SMARTS) is 1. The summed E-state index contributed by atoms with van der Waals surface area (Å²) in [6.45, 7) is 0.260. The Bertz CT molecular complexity index is 1410. The van der Waals surface area contributed by atoms with Crippen LogP contribution in [0.25, 0.3) is 0 Å². The zero-order chi connectivity index (χ0) is 23.9. The van der Waals surface area contributed by atoms with Gasteiger partial charge in [-0.15, -0.1) is 0 Å². The number of benzene rings is 3. The van der Waals surface area contributed by atoms with Crippen molar-refractivity contribution in [3.8, 4) is 0 Å². The van der Waals surface area contributed by atoms with Crippen molar-refractivity contribution in [3.63, 3.8) is 0 Å². The number of sulfonamides is 1. The lowest BCUT2D eigenvalue weighted by molar-refractivity contribution is 0.0698. The van der Waals surface area contributed by atoms with E-state index in [2.05, 4.69) is 37.2 Å². The third kappa shape index (κ3) is 4.65. The number of rotatable bonds is 5. The van der Waals surface area contributed by atoms with Gasteiger partial charge in [-0.25, -0.2) is 13.2 Å². The predicted molar refractivity (Wildman–Crippen MR) is 133 cm³/mol. The van der Waals surface area contributed by atoms with Crippen LogP contribution in [-0.4, -0.2) is 31.9 Å². The van der Waals surface area contributed by atoms with Gasteiger partial charge in [0.25, 0.3) is 15.9 Å². The number of hydrogen-bond acceptors (Lipinski definition) is 4. The van der Waals surface area contributed by atoms with Crippen LogP contribution in [0.1, 0.15) is 26.3 Å². The molecule has 3 aromatic carbocycles. The number of anilines is 2. The number of amides is 1. The average molecular weight is 615 g/mol. The first-order valence-electron chi connectivity index (χ1n) is 9.53. The molecule has 1 amide bonds. The Labute approximate surface area is 211 Å². The molecular weight excluding hydrogens is 600 g/mol. The number of aromatic carboxylic acids is 1. The number of carbonyl (C=O) groups is 2. The van der Waals surface area contributed by atoms with Gasteiger partial charge in [-0.2, -0.15) is 0 Å². The van der Waals surface area contributed by atoms with E-state index in [1.165, 1.54) is 34.6 Å². The monoisotopic (exact) mass is 612 g/mol. The van der Waals surface area contributed by atoms with Crippen LogP contribution in [-0.2, 0) is 16.4 Å². The Morgan fingerprint density at radius 2 is 1.76 bits per heavy atom. The van der Waals surface area contributed by atoms with Crippen LogP contribution in [0.15, 0.2) is 68.4 Å². The van der Waals surface area contributed by atoms with Crippen LogP contribution in [0.4, 0.5) is 11.4 Å². The highest BCUT2D eigenvalue weighted by Gasteiger charge is 2.32. The molecule has 1 heterocycles. The molecule has 0 aliphatic carbocycles. The molecule has 1 aliphatic heterocycles. The van der Waals surface area contributed by atoms with Crippen molar-refractivity contribution in [3.05, 3.63) is 85.3 Å². The highest BCUT2D eigenvalue weighted by Crippen LogP contribution is 2.35. The molecule has 2 N–H and O–H groups in total. The second-order valence-corrected chi connectivity index (χ2v) is 11.3. The van der Waals surface area contributed by atoms with Crippen LogP contribution in [0.5, 0.6) is 0 Å². The molecule has 0 bridgehead atoms. The van der Waals surface area contributed by atoms with Gasteiger partial charge in [0.15, 0.2) is 0 Å². The van der Waals surface area contributed by atoms with E-state index in [9.17, 15) is 23.1 Å². The van der Waals surface area contributed by atoms with Crippen molar-refractivity contribution in [2.75, 3.05) is 16.2 Å².